The van der Waals surface area contributed by atoms with Crippen molar-refractivity contribution >= 4 is 16.9 Å². The van der Waals surface area contributed by atoms with Gasteiger partial charge in [0.25, 0.3) is 0 Å². The van der Waals surface area contributed by atoms with E-state index >= 15 is 0 Å². The van der Waals surface area contributed by atoms with E-state index in [1.807, 2.05) is 25.7 Å². The van der Waals surface area contributed by atoms with Gasteiger partial charge in [-0.05, 0) is 47.0 Å². The Balaban J connectivity index is 2.39. The van der Waals surface area contributed by atoms with Crippen LogP contribution in [0.2, 0.25) is 0 Å². The molecule has 6 heteroatoms. The van der Waals surface area contributed by atoms with Crippen molar-refractivity contribution in [1.82, 2.24) is 10.2 Å². The van der Waals surface area contributed by atoms with Gasteiger partial charge in [0, 0.05) is 48.0 Å². The third kappa shape index (κ3) is 7.27. The van der Waals surface area contributed by atoms with Crippen LogP contribution < -0.4 is 5.32 Å². The minimum atomic E-state index is -0.742. The number of rotatable bonds is 6. The van der Waals surface area contributed by atoms with E-state index in [2.05, 4.69) is 12.2 Å². The highest BCUT2D eigenvalue weighted by atomic mass is 32.2. The molecule has 0 saturated carbocycles. The van der Waals surface area contributed by atoms with E-state index in [-0.39, 0.29) is 12.1 Å². The van der Waals surface area contributed by atoms with Crippen LogP contribution in [0.4, 0.5) is 4.79 Å². The maximum absolute atomic E-state index is 12.2. The Morgan fingerprint density at radius 1 is 1.48 bits per heavy atom. The fourth-order valence-corrected chi connectivity index (χ4v) is 3.08. The molecule has 3 atom stereocenters. The number of nitrogens with zero attached hydrogens (tertiary/aromatic N) is 1. The summed E-state index contributed by atoms with van der Waals surface area (Å²) in [5.74, 6) is 0.717. The lowest BCUT2D eigenvalue weighted by Crippen LogP contribution is -2.45. The Morgan fingerprint density at radius 3 is 2.71 bits per heavy atom. The van der Waals surface area contributed by atoms with E-state index in [0.29, 0.717) is 11.8 Å². The molecule has 0 aromatic rings. The highest BCUT2D eigenvalue weighted by Crippen LogP contribution is 2.20. The van der Waals surface area contributed by atoms with Crippen molar-refractivity contribution in [2.24, 2.45) is 0 Å². The summed E-state index contributed by atoms with van der Waals surface area (Å²) in [6.45, 7) is 9.31. The summed E-state index contributed by atoms with van der Waals surface area (Å²) in [6, 6.07) is 0.518. The first-order valence-corrected chi connectivity index (χ1v) is 9.45. The average Bonchev–Trinajstić information content (AvgIpc) is 2.80. The Bertz CT molecular complexity index is 368. The molecule has 1 saturated heterocycles. The molecule has 1 fully saturated rings. The molecule has 1 aliphatic heterocycles. The second-order valence-corrected chi connectivity index (χ2v) is 8.40. The van der Waals surface area contributed by atoms with Crippen LogP contribution in [0.3, 0.4) is 0 Å². The summed E-state index contributed by atoms with van der Waals surface area (Å²) in [6.07, 6.45) is 4.45. The Labute approximate surface area is 131 Å². The summed E-state index contributed by atoms with van der Waals surface area (Å²) in [5, 5.41) is 3.44. The fourth-order valence-electron chi connectivity index (χ4n) is 2.39. The second kappa shape index (κ2) is 8.13. The molecular weight excluding hydrogens is 288 g/mol. The van der Waals surface area contributed by atoms with Crippen LogP contribution in [0.5, 0.6) is 0 Å². The Hall–Kier alpha value is -0.620. The topological polar surface area (TPSA) is 58.6 Å². The van der Waals surface area contributed by atoms with Gasteiger partial charge in [0.05, 0.1) is 0 Å². The number of nitrogens with one attached hydrogen (secondary N) is 1. The predicted molar refractivity (Wildman–Crippen MR) is 87.0 cm³/mol. The maximum atomic E-state index is 12.2. The summed E-state index contributed by atoms with van der Waals surface area (Å²) in [5.41, 5.74) is -0.448. The lowest BCUT2D eigenvalue weighted by atomic mass is 10.2. The van der Waals surface area contributed by atoms with Crippen molar-refractivity contribution in [2.45, 2.75) is 64.6 Å². The van der Waals surface area contributed by atoms with E-state index < -0.39 is 16.4 Å². The zero-order valence-electron chi connectivity index (χ0n) is 14.0. The highest BCUT2D eigenvalue weighted by molar-refractivity contribution is 7.84. The number of likely N-dealkylation sites (tertiary alicyclic amines) is 1. The van der Waals surface area contributed by atoms with Gasteiger partial charge in [0.15, 0.2) is 0 Å². The van der Waals surface area contributed by atoms with Gasteiger partial charge in [-0.25, -0.2) is 4.79 Å². The summed E-state index contributed by atoms with van der Waals surface area (Å²) < 4.78 is 16.6. The normalized spacial score (nSPS) is 22.1. The SMILES string of the molecule is CC(CCS(C)=O)NCC1CCCN1C(=O)OC(C)(C)C. The molecule has 1 heterocycles. The van der Waals surface area contributed by atoms with Crippen LogP contribution in [-0.4, -0.2) is 58.0 Å². The quantitative estimate of drug-likeness (QED) is 0.815. The molecule has 0 bridgehead atoms. The molecule has 5 nitrogen and oxygen atoms in total. The molecule has 0 spiro atoms. The largest absolute Gasteiger partial charge is 0.444 e. The van der Waals surface area contributed by atoms with Crippen LogP contribution in [0.25, 0.3) is 0 Å². The van der Waals surface area contributed by atoms with Crippen molar-refractivity contribution in [3.8, 4) is 0 Å². The molecule has 0 radical (unpaired) electrons. The zero-order chi connectivity index (χ0) is 16.0. The van der Waals surface area contributed by atoms with Gasteiger partial charge in [-0.2, -0.15) is 0 Å². The van der Waals surface area contributed by atoms with Crippen molar-refractivity contribution < 1.29 is 13.7 Å². The van der Waals surface area contributed by atoms with Crippen molar-refractivity contribution in [2.75, 3.05) is 25.1 Å². The van der Waals surface area contributed by atoms with Crippen molar-refractivity contribution in [3.05, 3.63) is 0 Å². The number of carbonyl (C=O) groups is 1. The van der Waals surface area contributed by atoms with Crippen LogP contribution >= 0.6 is 0 Å². The van der Waals surface area contributed by atoms with Gasteiger partial charge in [-0.3, -0.25) is 4.21 Å². The van der Waals surface area contributed by atoms with Crippen molar-refractivity contribution in [1.29, 1.82) is 0 Å². The van der Waals surface area contributed by atoms with E-state index in [0.717, 1.165) is 32.4 Å². The van der Waals surface area contributed by atoms with E-state index in [9.17, 15) is 9.00 Å². The molecule has 0 aromatic carbocycles. The zero-order valence-corrected chi connectivity index (χ0v) is 14.8. The van der Waals surface area contributed by atoms with Crippen molar-refractivity contribution in [3.63, 3.8) is 0 Å². The third-order valence-electron chi connectivity index (χ3n) is 3.55. The molecule has 3 unspecified atom stereocenters. The second-order valence-electron chi connectivity index (χ2n) is 6.85. The van der Waals surface area contributed by atoms with Crippen LogP contribution in [0.15, 0.2) is 0 Å². The van der Waals surface area contributed by atoms with E-state index in [1.54, 1.807) is 6.26 Å². The number of hydrogen-bond donors (Lipinski definition) is 1. The van der Waals surface area contributed by atoms with Crippen LogP contribution in [0, 0.1) is 0 Å². The standard InChI is InChI=1S/C15H30N2O3S/c1-12(8-10-21(5)19)16-11-13-7-6-9-17(13)14(18)20-15(2,3)4/h12-13,16H,6-11H2,1-5H3. The molecule has 21 heavy (non-hydrogen) atoms. The molecular formula is C15H30N2O3S. The highest BCUT2D eigenvalue weighted by Gasteiger charge is 2.31. The molecule has 0 aromatic heterocycles. The number of hydrogen-bond acceptors (Lipinski definition) is 4. The number of ether oxygens (including phenoxy) is 1. The van der Waals surface area contributed by atoms with E-state index in [4.69, 9.17) is 4.74 Å². The van der Waals surface area contributed by atoms with E-state index in [1.165, 1.54) is 0 Å². The average molecular weight is 318 g/mol. The Kier molecular flexibility index (Phi) is 7.13. The molecule has 1 rings (SSSR count). The fraction of sp³-hybridized carbons (Fsp3) is 0.933. The number of amides is 1. The first-order valence-electron chi connectivity index (χ1n) is 7.72. The maximum Gasteiger partial charge on any atom is 0.410 e. The summed E-state index contributed by atoms with van der Waals surface area (Å²) in [4.78, 5) is 14.0. The number of carbonyl (C=O) groups excluding carboxylic acids is 1. The predicted octanol–water partition coefficient (Wildman–Crippen LogP) is 2.13. The first kappa shape index (κ1) is 18.4. The smallest absolute Gasteiger partial charge is 0.410 e. The summed E-state index contributed by atoms with van der Waals surface area (Å²) in [7, 11) is -0.742. The lowest BCUT2D eigenvalue weighted by Gasteiger charge is -2.29. The molecule has 1 aliphatic rings. The third-order valence-corrected chi connectivity index (χ3v) is 4.36. The first-order chi connectivity index (χ1) is 9.69. The van der Waals surface area contributed by atoms with Gasteiger partial charge in [0.1, 0.15) is 5.60 Å². The molecule has 0 aliphatic carbocycles. The summed E-state index contributed by atoms with van der Waals surface area (Å²) >= 11 is 0. The van der Waals surface area contributed by atoms with Gasteiger partial charge in [0.2, 0.25) is 0 Å². The lowest BCUT2D eigenvalue weighted by molar-refractivity contribution is 0.0225. The minimum Gasteiger partial charge on any atom is -0.444 e. The van der Waals surface area contributed by atoms with Crippen LogP contribution in [0.1, 0.15) is 47.0 Å². The molecule has 124 valence electrons. The minimum absolute atomic E-state index is 0.203. The van der Waals surface area contributed by atoms with Gasteiger partial charge in [-0.15, -0.1) is 0 Å². The van der Waals surface area contributed by atoms with Crippen LogP contribution in [-0.2, 0) is 15.5 Å². The monoisotopic (exact) mass is 318 g/mol. The van der Waals surface area contributed by atoms with Gasteiger partial charge >= 0.3 is 6.09 Å². The molecule has 1 amide bonds. The Morgan fingerprint density at radius 2 is 2.14 bits per heavy atom. The van der Waals surface area contributed by atoms with Gasteiger partial charge in [-0.1, -0.05) is 0 Å². The van der Waals surface area contributed by atoms with Gasteiger partial charge < -0.3 is 15.0 Å². The molecule has 1 N–H and O–H groups in total.